The number of Topliss-reactive ketones (excluding diaryl/α,β-unsaturated/α-hetero) is 1. The largest absolute Gasteiger partial charge is 0.573 e. The van der Waals surface area contributed by atoms with Crippen LogP contribution in [0, 0.1) is 0 Å². The summed E-state index contributed by atoms with van der Waals surface area (Å²) in [5.74, 6) is -0.441. The molecule has 0 unspecified atom stereocenters. The highest BCUT2D eigenvalue weighted by Crippen LogP contribution is 2.37. The molecule has 0 radical (unpaired) electrons. The molecule has 3 nitrogen and oxygen atoms in total. The third kappa shape index (κ3) is 2.71. The minimum Gasteiger partial charge on any atom is -0.492 e. The summed E-state index contributed by atoms with van der Waals surface area (Å²) in [7, 11) is 0. The van der Waals surface area contributed by atoms with Crippen molar-refractivity contribution < 1.29 is 27.4 Å². The van der Waals surface area contributed by atoms with E-state index in [1.807, 2.05) is 0 Å². The fraction of sp³-hybridized carbons (Fsp3) is 0.300. The van der Waals surface area contributed by atoms with E-state index >= 15 is 0 Å². The van der Waals surface area contributed by atoms with Gasteiger partial charge in [-0.25, -0.2) is 0 Å². The summed E-state index contributed by atoms with van der Waals surface area (Å²) in [6.07, 6.45) is -4.64. The third-order valence-corrected chi connectivity index (χ3v) is 2.77. The lowest BCUT2D eigenvalue weighted by Crippen LogP contribution is -2.19. The van der Waals surface area contributed by atoms with Gasteiger partial charge in [-0.15, -0.1) is 13.2 Å². The maximum absolute atomic E-state index is 12.1. The van der Waals surface area contributed by atoms with E-state index in [-0.39, 0.29) is 34.6 Å². The number of ketones is 1. The quantitative estimate of drug-likeness (QED) is 0.798. The van der Waals surface area contributed by atoms with Gasteiger partial charge in [0.2, 0.25) is 0 Å². The second kappa shape index (κ2) is 4.21. The van der Waals surface area contributed by atoms with E-state index in [2.05, 4.69) is 20.7 Å². The van der Waals surface area contributed by atoms with Gasteiger partial charge in [0.15, 0.2) is 5.78 Å². The number of benzene rings is 1. The fourth-order valence-corrected chi connectivity index (χ4v) is 1.87. The van der Waals surface area contributed by atoms with E-state index in [1.165, 1.54) is 6.07 Å². The van der Waals surface area contributed by atoms with E-state index in [0.717, 1.165) is 6.07 Å². The van der Waals surface area contributed by atoms with Crippen LogP contribution in [0.5, 0.6) is 11.5 Å². The lowest BCUT2D eigenvalue weighted by molar-refractivity contribution is -0.274. The van der Waals surface area contributed by atoms with Crippen molar-refractivity contribution in [3.8, 4) is 11.5 Å². The predicted molar refractivity (Wildman–Crippen MR) is 55.3 cm³/mol. The molecule has 1 aliphatic rings. The molecule has 0 aromatic heterocycles. The predicted octanol–water partition coefficient (Wildman–Crippen LogP) is 3.31. The Morgan fingerprint density at radius 3 is 2.71 bits per heavy atom. The van der Waals surface area contributed by atoms with Crippen LogP contribution in [0.15, 0.2) is 16.6 Å². The summed E-state index contributed by atoms with van der Waals surface area (Å²) >= 11 is 2.93. The maximum atomic E-state index is 12.1. The Kier molecular flexibility index (Phi) is 3.03. The first-order valence-electron chi connectivity index (χ1n) is 4.62. The number of alkyl halides is 3. The smallest absolute Gasteiger partial charge is 0.492 e. The average molecular weight is 311 g/mol. The lowest BCUT2D eigenvalue weighted by atomic mass is 10.0. The Morgan fingerprint density at radius 2 is 2.06 bits per heavy atom. The highest BCUT2D eigenvalue weighted by molar-refractivity contribution is 9.10. The van der Waals surface area contributed by atoms with E-state index in [4.69, 9.17) is 4.74 Å². The molecule has 2 rings (SSSR count). The van der Waals surface area contributed by atoms with Crippen molar-refractivity contribution in [1.82, 2.24) is 0 Å². The minimum atomic E-state index is -4.80. The van der Waals surface area contributed by atoms with Crippen LogP contribution < -0.4 is 9.47 Å². The van der Waals surface area contributed by atoms with E-state index in [0.29, 0.717) is 0 Å². The summed E-state index contributed by atoms with van der Waals surface area (Å²) in [4.78, 5) is 11.5. The summed E-state index contributed by atoms with van der Waals surface area (Å²) in [6.45, 7) is 0.234. The second-order valence-electron chi connectivity index (χ2n) is 3.35. The number of carbonyl (C=O) groups is 1. The van der Waals surface area contributed by atoms with Crippen molar-refractivity contribution >= 4 is 21.7 Å². The fourth-order valence-electron chi connectivity index (χ4n) is 1.46. The zero-order chi connectivity index (χ0) is 12.6. The Morgan fingerprint density at radius 1 is 1.35 bits per heavy atom. The Labute approximate surface area is 103 Å². The first kappa shape index (κ1) is 12.2. The monoisotopic (exact) mass is 310 g/mol. The molecule has 0 saturated carbocycles. The van der Waals surface area contributed by atoms with Gasteiger partial charge in [0.1, 0.15) is 11.5 Å². The van der Waals surface area contributed by atoms with Gasteiger partial charge in [0.25, 0.3) is 0 Å². The molecule has 0 bridgehead atoms. The van der Waals surface area contributed by atoms with Crippen LogP contribution in [0.4, 0.5) is 13.2 Å². The highest BCUT2D eigenvalue weighted by atomic mass is 79.9. The molecule has 92 valence electrons. The molecule has 1 aromatic rings. The maximum Gasteiger partial charge on any atom is 0.573 e. The second-order valence-corrected chi connectivity index (χ2v) is 4.20. The first-order chi connectivity index (χ1) is 7.87. The lowest BCUT2D eigenvalue weighted by Gasteiger charge is -2.18. The van der Waals surface area contributed by atoms with Crippen LogP contribution in [0.25, 0.3) is 0 Å². The van der Waals surface area contributed by atoms with Gasteiger partial charge in [-0.1, -0.05) is 0 Å². The molecule has 0 spiro atoms. The van der Waals surface area contributed by atoms with Gasteiger partial charge >= 0.3 is 6.36 Å². The van der Waals surface area contributed by atoms with Crippen LogP contribution in [0.3, 0.4) is 0 Å². The summed E-state index contributed by atoms with van der Waals surface area (Å²) in [5, 5.41) is 0. The van der Waals surface area contributed by atoms with E-state index in [1.54, 1.807) is 0 Å². The number of carbonyl (C=O) groups excluding carboxylic acids is 1. The van der Waals surface area contributed by atoms with Crippen LogP contribution in [0.2, 0.25) is 0 Å². The van der Waals surface area contributed by atoms with Crippen LogP contribution in [-0.4, -0.2) is 18.8 Å². The van der Waals surface area contributed by atoms with Gasteiger partial charge < -0.3 is 9.47 Å². The van der Waals surface area contributed by atoms with Gasteiger partial charge in [0, 0.05) is 6.42 Å². The molecule has 1 aliphatic heterocycles. The average Bonchev–Trinajstić information content (AvgIpc) is 2.18. The molecule has 1 aromatic carbocycles. The van der Waals surface area contributed by atoms with E-state index < -0.39 is 12.1 Å². The summed E-state index contributed by atoms with van der Waals surface area (Å²) in [6, 6.07) is 2.34. The number of ether oxygens (including phenoxy) is 2. The van der Waals surface area contributed by atoms with Crippen molar-refractivity contribution in [1.29, 1.82) is 0 Å². The first-order valence-corrected chi connectivity index (χ1v) is 5.41. The van der Waals surface area contributed by atoms with Gasteiger partial charge in [-0.3, -0.25) is 4.79 Å². The molecule has 0 saturated heterocycles. The topological polar surface area (TPSA) is 35.5 Å². The third-order valence-electron chi connectivity index (χ3n) is 2.15. The molecule has 0 N–H and O–H groups in total. The molecule has 1 heterocycles. The highest BCUT2D eigenvalue weighted by Gasteiger charge is 2.33. The molecule has 17 heavy (non-hydrogen) atoms. The molecular weight excluding hydrogens is 305 g/mol. The van der Waals surface area contributed by atoms with Gasteiger partial charge in [-0.2, -0.15) is 0 Å². The minimum absolute atomic E-state index is 0.0864. The van der Waals surface area contributed by atoms with E-state index in [9.17, 15) is 18.0 Å². The van der Waals surface area contributed by atoms with Crippen molar-refractivity contribution in [3.05, 3.63) is 22.2 Å². The molecule has 0 amide bonds. The van der Waals surface area contributed by atoms with Gasteiger partial charge in [-0.05, 0) is 28.1 Å². The molecule has 0 aliphatic carbocycles. The van der Waals surface area contributed by atoms with Crippen LogP contribution in [0.1, 0.15) is 16.8 Å². The Hall–Kier alpha value is -1.24. The van der Waals surface area contributed by atoms with Crippen molar-refractivity contribution in [3.63, 3.8) is 0 Å². The normalized spacial score (nSPS) is 15.2. The molecule has 0 fully saturated rings. The SMILES string of the molecule is O=C1CCOc2cc(Br)c(OC(F)(F)F)cc21. The van der Waals surface area contributed by atoms with Crippen molar-refractivity contribution in [2.75, 3.05) is 6.61 Å². The summed E-state index contributed by atoms with van der Waals surface area (Å²) < 4.78 is 45.3. The van der Waals surface area contributed by atoms with Gasteiger partial charge in [0.05, 0.1) is 16.6 Å². The number of halogens is 4. The van der Waals surface area contributed by atoms with Crippen LogP contribution >= 0.6 is 15.9 Å². The molecule has 7 heteroatoms. The Balaban J connectivity index is 2.42. The summed E-state index contributed by atoms with van der Waals surface area (Å²) in [5.41, 5.74) is 0.110. The Bertz CT molecular complexity index is 471. The number of hydrogen-bond acceptors (Lipinski definition) is 3. The van der Waals surface area contributed by atoms with Crippen LogP contribution in [-0.2, 0) is 0 Å². The zero-order valence-corrected chi connectivity index (χ0v) is 9.89. The standard InChI is InChI=1S/C10H6BrF3O3/c11-6-4-8-5(7(15)1-2-16-8)3-9(6)17-10(12,13)14/h3-4H,1-2H2. The van der Waals surface area contributed by atoms with Crippen molar-refractivity contribution in [2.24, 2.45) is 0 Å². The van der Waals surface area contributed by atoms with Crippen molar-refractivity contribution in [2.45, 2.75) is 12.8 Å². The number of hydrogen-bond donors (Lipinski definition) is 0. The number of fused-ring (bicyclic) bond motifs is 1. The molecule has 0 atom stereocenters. The number of rotatable bonds is 1. The zero-order valence-electron chi connectivity index (χ0n) is 8.31. The molecular formula is C10H6BrF3O3.